The normalized spacial score (nSPS) is 32.0. The van der Waals surface area contributed by atoms with Crippen LogP contribution in [0.15, 0.2) is 18.2 Å². The smallest absolute Gasteiger partial charge is 0.313 e. The van der Waals surface area contributed by atoms with Crippen LogP contribution >= 0.6 is 0 Å². The summed E-state index contributed by atoms with van der Waals surface area (Å²) < 4.78 is 5.78. The molecule has 1 aromatic rings. The van der Waals surface area contributed by atoms with Crippen molar-refractivity contribution in [3.8, 4) is 0 Å². The molecule has 0 aromatic heterocycles. The molecule has 2 atom stereocenters. The van der Waals surface area contributed by atoms with Crippen LogP contribution in [0.5, 0.6) is 0 Å². The van der Waals surface area contributed by atoms with Gasteiger partial charge >= 0.3 is 5.97 Å². The van der Waals surface area contributed by atoms with Crippen LogP contribution in [0, 0.1) is 24.7 Å². The van der Waals surface area contributed by atoms with E-state index >= 15 is 0 Å². The molecule has 3 fully saturated rings. The number of carbonyl (C=O) groups is 2. The van der Waals surface area contributed by atoms with Gasteiger partial charge in [-0.1, -0.05) is 26.0 Å². The van der Waals surface area contributed by atoms with E-state index in [0.717, 1.165) is 19.5 Å². The van der Waals surface area contributed by atoms with Crippen LogP contribution in [0.2, 0.25) is 0 Å². The first-order valence-electron chi connectivity index (χ1n) is 9.98. The number of benzene rings is 1. The number of hydrogen-bond donors (Lipinski definition) is 0. The van der Waals surface area contributed by atoms with Gasteiger partial charge in [0.1, 0.15) is 0 Å². The Morgan fingerprint density at radius 1 is 1.04 bits per heavy atom. The van der Waals surface area contributed by atoms with E-state index in [1.54, 1.807) is 0 Å². The second-order valence-electron chi connectivity index (χ2n) is 9.17. The summed E-state index contributed by atoms with van der Waals surface area (Å²) >= 11 is 0. The molecule has 2 unspecified atom stereocenters. The largest absolute Gasteiger partial charge is 0.448 e. The van der Waals surface area contributed by atoms with Crippen molar-refractivity contribution >= 4 is 17.6 Å². The Bertz CT molecular complexity index is 810. The standard InChI is InChI=1S/C22H30N2O3/c1-15-7-6-8-17(16(15)2)23-11-13-24(14-12-23)18(25)22-10-9-21(5,19(26)27-22)20(22,3)4/h6-8H,9-14H2,1-5H3. The summed E-state index contributed by atoms with van der Waals surface area (Å²) in [6.07, 6.45) is 1.37. The van der Waals surface area contributed by atoms with Crippen molar-refractivity contribution in [2.45, 2.75) is 53.1 Å². The molecule has 0 radical (unpaired) electrons. The highest BCUT2D eigenvalue weighted by Gasteiger charge is 2.76. The fraction of sp³-hybridized carbons (Fsp3) is 0.636. The van der Waals surface area contributed by atoms with Crippen LogP contribution in [0.4, 0.5) is 5.69 Å². The highest BCUT2D eigenvalue weighted by molar-refractivity contribution is 5.96. The molecule has 1 aromatic carbocycles. The van der Waals surface area contributed by atoms with E-state index in [2.05, 4.69) is 36.9 Å². The van der Waals surface area contributed by atoms with E-state index < -0.39 is 16.4 Å². The number of rotatable bonds is 2. The van der Waals surface area contributed by atoms with Gasteiger partial charge in [-0.3, -0.25) is 9.59 Å². The van der Waals surface area contributed by atoms with Crippen molar-refractivity contribution in [1.29, 1.82) is 0 Å². The summed E-state index contributed by atoms with van der Waals surface area (Å²) in [7, 11) is 0. The van der Waals surface area contributed by atoms with Gasteiger partial charge in [-0.05, 0) is 50.8 Å². The number of aryl methyl sites for hydroxylation is 1. The van der Waals surface area contributed by atoms with Gasteiger partial charge in [0.15, 0.2) is 5.60 Å². The molecule has 5 heteroatoms. The molecule has 0 N–H and O–H groups in total. The molecule has 1 saturated carbocycles. The van der Waals surface area contributed by atoms with Crippen LogP contribution in [0.1, 0.15) is 44.7 Å². The lowest BCUT2D eigenvalue weighted by Gasteiger charge is -2.43. The summed E-state index contributed by atoms with van der Waals surface area (Å²) in [5, 5.41) is 0. The van der Waals surface area contributed by atoms with Gasteiger partial charge < -0.3 is 14.5 Å². The SMILES string of the molecule is Cc1cccc(N2CCN(C(=O)C34CCC(C)(C(=O)O3)C4(C)C)CC2)c1C. The summed E-state index contributed by atoms with van der Waals surface area (Å²) in [5.74, 6) is -0.205. The van der Waals surface area contributed by atoms with Gasteiger partial charge in [0, 0.05) is 37.3 Å². The number of piperazine rings is 1. The molecule has 2 aliphatic heterocycles. The monoisotopic (exact) mass is 370 g/mol. The number of nitrogens with zero attached hydrogens (tertiary/aromatic N) is 2. The Labute approximate surface area is 161 Å². The van der Waals surface area contributed by atoms with Gasteiger partial charge in [0.2, 0.25) is 0 Å². The van der Waals surface area contributed by atoms with Crippen LogP contribution in [0.3, 0.4) is 0 Å². The maximum absolute atomic E-state index is 13.5. The summed E-state index contributed by atoms with van der Waals surface area (Å²) in [5.41, 5.74) is 1.83. The second kappa shape index (κ2) is 5.73. The van der Waals surface area contributed by atoms with Crippen LogP contribution < -0.4 is 4.90 Å². The van der Waals surface area contributed by atoms with Gasteiger partial charge in [-0.2, -0.15) is 0 Å². The molecule has 4 rings (SSSR count). The van der Waals surface area contributed by atoms with Crippen molar-refractivity contribution in [3.63, 3.8) is 0 Å². The first-order valence-corrected chi connectivity index (χ1v) is 9.98. The first-order chi connectivity index (χ1) is 12.6. The Hall–Kier alpha value is -2.04. The van der Waals surface area contributed by atoms with Crippen LogP contribution in [0.25, 0.3) is 0 Å². The second-order valence-corrected chi connectivity index (χ2v) is 9.17. The minimum Gasteiger partial charge on any atom is -0.448 e. The number of esters is 1. The lowest BCUT2D eigenvalue weighted by molar-refractivity contribution is -0.174. The third kappa shape index (κ3) is 2.23. The molecule has 5 nitrogen and oxygen atoms in total. The zero-order chi connectivity index (χ0) is 19.6. The molecule has 2 heterocycles. The minimum atomic E-state index is -0.986. The highest BCUT2D eigenvalue weighted by Crippen LogP contribution is 2.66. The summed E-state index contributed by atoms with van der Waals surface area (Å²) in [6, 6.07) is 6.38. The molecule has 27 heavy (non-hydrogen) atoms. The predicted octanol–water partition coefficient (Wildman–Crippen LogP) is 3.07. The molecule has 2 saturated heterocycles. The number of anilines is 1. The van der Waals surface area contributed by atoms with Gasteiger partial charge in [-0.25, -0.2) is 0 Å². The van der Waals surface area contributed by atoms with E-state index in [4.69, 9.17) is 4.74 Å². The lowest BCUT2D eigenvalue weighted by Crippen LogP contribution is -2.59. The lowest BCUT2D eigenvalue weighted by atomic mass is 9.66. The molecule has 2 bridgehead atoms. The van der Waals surface area contributed by atoms with Crippen molar-refractivity contribution in [1.82, 2.24) is 4.90 Å². The highest BCUT2D eigenvalue weighted by atomic mass is 16.6. The third-order valence-electron chi connectivity index (χ3n) is 7.91. The van der Waals surface area contributed by atoms with Crippen molar-refractivity contribution in [3.05, 3.63) is 29.3 Å². The topological polar surface area (TPSA) is 49.9 Å². The molecule has 1 aliphatic carbocycles. The summed E-state index contributed by atoms with van der Waals surface area (Å²) in [6.45, 7) is 13.2. The van der Waals surface area contributed by atoms with Crippen LogP contribution in [-0.4, -0.2) is 48.6 Å². The quantitative estimate of drug-likeness (QED) is 0.751. The third-order valence-corrected chi connectivity index (χ3v) is 7.91. The molecule has 3 aliphatic rings. The van der Waals surface area contributed by atoms with Gasteiger partial charge in [0.25, 0.3) is 5.91 Å². The van der Waals surface area contributed by atoms with Crippen molar-refractivity contribution in [2.24, 2.45) is 10.8 Å². The number of hydrogen-bond acceptors (Lipinski definition) is 4. The predicted molar refractivity (Wildman–Crippen MR) is 105 cm³/mol. The number of carbonyl (C=O) groups excluding carboxylic acids is 2. The Morgan fingerprint density at radius 2 is 1.70 bits per heavy atom. The van der Waals surface area contributed by atoms with E-state index in [-0.39, 0.29) is 11.9 Å². The minimum absolute atomic E-state index is 0.00249. The van der Waals surface area contributed by atoms with E-state index in [9.17, 15) is 9.59 Å². The number of ether oxygens (including phenoxy) is 1. The first kappa shape index (κ1) is 18.3. The van der Waals surface area contributed by atoms with Gasteiger partial charge in [-0.15, -0.1) is 0 Å². The Morgan fingerprint density at radius 3 is 2.26 bits per heavy atom. The summed E-state index contributed by atoms with van der Waals surface area (Å²) in [4.78, 5) is 30.2. The molecular weight excluding hydrogens is 340 g/mol. The van der Waals surface area contributed by atoms with E-state index in [1.165, 1.54) is 16.8 Å². The van der Waals surface area contributed by atoms with Crippen molar-refractivity contribution < 1.29 is 14.3 Å². The molecule has 1 amide bonds. The fourth-order valence-electron chi connectivity index (χ4n) is 5.21. The maximum Gasteiger partial charge on any atom is 0.313 e. The van der Waals surface area contributed by atoms with Gasteiger partial charge in [0.05, 0.1) is 5.41 Å². The van der Waals surface area contributed by atoms with Crippen LogP contribution in [-0.2, 0) is 14.3 Å². The van der Waals surface area contributed by atoms with E-state index in [0.29, 0.717) is 19.5 Å². The average molecular weight is 370 g/mol. The van der Waals surface area contributed by atoms with Crippen molar-refractivity contribution in [2.75, 3.05) is 31.1 Å². The Kier molecular flexibility index (Phi) is 3.89. The number of fused-ring (bicyclic) bond motifs is 2. The number of amides is 1. The zero-order valence-corrected chi connectivity index (χ0v) is 17.1. The fourth-order valence-corrected chi connectivity index (χ4v) is 5.21. The Balaban J connectivity index is 1.52. The zero-order valence-electron chi connectivity index (χ0n) is 17.1. The average Bonchev–Trinajstić information content (AvgIpc) is 2.94. The molecule has 0 spiro atoms. The molecule has 146 valence electrons. The van der Waals surface area contributed by atoms with E-state index in [1.807, 2.05) is 25.7 Å². The molecular formula is C22H30N2O3. The maximum atomic E-state index is 13.5.